The highest BCUT2D eigenvalue weighted by molar-refractivity contribution is 7.98. The van der Waals surface area contributed by atoms with Crippen LogP contribution in [0.2, 0.25) is 0 Å². The first-order valence-electron chi connectivity index (χ1n) is 4.07. The smallest absolute Gasteiger partial charge is 0.238 e. The molecule has 0 atom stereocenters. The standard InChI is InChI=1S/C10H10N2OS/c1-14-9-5-3-2-4-8(9)12-10(13)6-7-11/h2-5H,6H2,1H3,(H,12,13). The van der Waals surface area contributed by atoms with Crippen LogP contribution in [0.15, 0.2) is 29.2 Å². The van der Waals surface area contributed by atoms with Crippen molar-refractivity contribution in [2.75, 3.05) is 11.6 Å². The molecule has 1 amide bonds. The first kappa shape index (κ1) is 10.6. The maximum atomic E-state index is 11.1. The van der Waals surface area contributed by atoms with Gasteiger partial charge in [0.05, 0.1) is 11.8 Å². The van der Waals surface area contributed by atoms with Crippen LogP contribution in [0.4, 0.5) is 5.69 Å². The fourth-order valence-electron chi connectivity index (χ4n) is 1.01. The molecule has 0 saturated carbocycles. The Labute approximate surface area is 87.1 Å². The molecule has 0 aliphatic carbocycles. The summed E-state index contributed by atoms with van der Waals surface area (Å²) in [4.78, 5) is 12.1. The van der Waals surface area contributed by atoms with Crippen molar-refractivity contribution < 1.29 is 4.79 Å². The van der Waals surface area contributed by atoms with E-state index in [9.17, 15) is 4.79 Å². The van der Waals surface area contributed by atoms with Gasteiger partial charge in [-0.3, -0.25) is 4.79 Å². The number of anilines is 1. The molecule has 4 heteroatoms. The van der Waals surface area contributed by atoms with E-state index in [0.717, 1.165) is 10.6 Å². The van der Waals surface area contributed by atoms with Gasteiger partial charge in [-0.25, -0.2) is 0 Å². The van der Waals surface area contributed by atoms with E-state index >= 15 is 0 Å². The van der Waals surface area contributed by atoms with Crippen molar-refractivity contribution in [2.24, 2.45) is 0 Å². The maximum absolute atomic E-state index is 11.1. The van der Waals surface area contributed by atoms with Gasteiger partial charge in [-0.05, 0) is 18.4 Å². The lowest BCUT2D eigenvalue weighted by atomic mass is 10.3. The number of para-hydroxylation sites is 1. The molecule has 0 saturated heterocycles. The number of nitrogens with zero attached hydrogens (tertiary/aromatic N) is 1. The van der Waals surface area contributed by atoms with Gasteiger partial charge in [0.2, 0.25) is 5.91 Å². The molecule has 0 unspecified atom stereocenters. The van der Waals surface area contributed by atoms with Gasteiger partial charge in [0, 0.05) is 4.90 Å². The average Bonchev–Trinajstić information content (AvgIpc) is 2.19. The minimum atomic E-state index is -0.269. The van der Waals surface area contributed by atoms with Crippen LogP contribution in [0.5, 0.6) is 0 Å². The molecule has 0 radical (unpaired) electrons. The molecule has 72 valence electrons. The zero-order chi connectivity index (χ0) is 10.4. The number of hydrogen-bond donors (Lipinski definition) is 1. The van der Waals surface area contributed by atoms with E-state index in [-0.39, 0.29) is 12.3 Å². The van der Waals surface area contributed by atoms with E-state index < -0.39 is 0 Å². The number of rotatable bonds is 3. The highest BCUT2D eigenvalue weighted by Gasteiger charge is 2.04. The summed E-state index contributed by atoms with van der Waals surface area (Å²) in [6.45, 7) is 0. The average molecular weight is 206 g/mol. The summed E-state index contributed by atoms with van der Waals surface area (Å²) in [6.07, 6.45) is 1.83. The molecule has 1 aromatic carbocycles. The van der Waals surface area contributed by atoms with E-state index in [2.05, 4.69) is 5.32 Å². The predicted octanol–water partition coefficient (Wildman–Crippen LogP) is 2.26. The molecule has 14 heavy (non-hydrogen) atoms. The van der Waals surface area contributed by atoms with Crippen molar-refractivity contribution in [1.82, 2.24) is 0 Å². The predicted molar refractivity (Wildman–Crippen MR) is 57.1 cm³/mol. The second kappa shape index (κ2) is 5.30. The summed E-state index contributed by atoms with van der Waals surface area (Å²) in [5, 5.41) is 11.0. The summed E-state index contributed by atoms with van der Waals surface area (Å²) in [7, 11) is 0. The highest BCUT2D eigenvalue weighted by atomic mass is 32.2. The van der Waals surface area contributed by atoms with Gasteiger partial charge in [0.15, 0.2) is 0 Å². The summed E-state index contributed by atoms with van der Waals surface area (Å²) in [5.41, 5.74) is 0.764. The maximum Gasteiger partial charge on any atom is 0.238 e. The number of carbonyl (C=O) groups is 1. The van der Waals surface area contributed by atoms with Crippen molar-refractivity contribution in [3.05, 3.63) is 24.3 Å². The third-order valence-electron chi connectivity index (χ3n) is 1.62. The Morgan fingerprint density at radius 3 is 2.93 bits per heavy atom. The van der Waals surface area contributed by atoms with Crippen molar-refractivity contribution >= 4 is 23.4 Å². The normalized spacial score (nSPS) is 9.14. The quantitative estimate of drug-likeness (QED) is 0.772. The van der Waals surface area contributed by atoms with E-state index in [4.69, 9.17) is 5.26 Å². The highest BCUT2D eigenvalue weighted by Crippen LogP contribution is 2.24. The van der Waals surface area contributed by atoms with Gasteiger partial charge >= 0.3 is 0 Å². The first-order chi connectivity index (χ1) is 6.77. The zero-order valence-electron chi connectivity index (χ0n) is 7.78. The number of nitriles is 1. The number of amides is 1. The van der Waals surface area contributed by atoms with Crippen molar-refractivity contribution in [1.29, 1.82) is 5.26 Å². The Balaban J connectivity index is 2.76. The molecule has 0 aliphatic rings. The molecule has 1 aromatic rings. The second-order valence-corrected chi connectivity index (χ2v) is 3.43. The van der Waals surface area contributed by atoms with E-state index in [1.807, 2.05) is 30.5 Å². The molecular weight excluding hydrogens is 196 g/mol. The Kier molecular flexibility index (Phi) is 4.02. The monoisotopic (exact) mass is 206 g/mol. The number of hydrogen-bond acceptors (Lipinski definition) is 3. The van der Waals surface area contributed by atoms with Crippen LogP contribution in [0, 0.1) is 11.3 Å². The van der Waals surface area contributed by atoms with E-state index in [1.165, 1.54) is 0 Å². The Morgan fingerprint density at radius 1 is 1.57 bits per heavy atom. The van der Waals surface area contributed by atoms with Gasteiger partial charge in [0.1, 0.15) is 6.42 Å². The molecule has 1 N–H and O–H groups in total. The molecule has 1 rings (SSSR count). The largest absolute Gasteiger partial charge is 0.324 e. The van der Waals surface area contributed by atoms with Crippen molar-refractivity contribution in [3.8, 4) is 6.07 Å². The summed E-state index contributed by atoms with van der Waals surface area (Å²) >= 11 is 1.56. The fraction of sp³-hybridized carbons (Fsp3) is 0.200. The molecular formula is C10H10N2OS. The van der Waals surface area contributed by atoms with Crippen molar-refractivity contribution in [2.45, 2.75) is 11.3 Å². The minimum absolute atomic E-state index is 0.108. The van der Waals surface area contributed by atoms with Crippen LogP contribution < -0.4 is 5.32 Å². The third kappa shape index (κ3) is 2.79. The molecule has 0 fully saturated rings. The minimum Gasteiger partial charge on any atom is -0.324 e. The molecule has 0 aliphatic heterocycles. The number of nitrogens with one attached hydrogen (secondary N) is 1. The Morgan fingerprint density at radius 2 is 2.29 bits per heavy atom. The lowest BCUT2D eigenvalue weighted by Gasteiger charge is -2.06. The Bertz CT molecular complexity index is 371. The third-order valence-corrected chi connectivity index (χ3v) is 2.42. The molecule has 0 bridgehead atoms. The molecule has 0 heterocycles. The van der Waals surface area contributed by atoms with Gasteiger partial charge in [-0.2, -0.15) is 5.26 Å². The van der Waals surface area contributed by atoms with Crippen LogP contribution in [-0.4, -0.2) is 12.2 Å². The van der Waals surface area contributed by atoms with Gasteiger partial charge in [0.25, 0.3) is 0 Å². The molecule has 0 aromatic heterocycles. The van der Waals surface area contributed by atoms with Crippen LogP contribution >= 0.6 is 11.8 Å². The lowest BCUT2D eigenvalue weighted by Crippen LogP contribution is -2.10. The number of benzene rings is 1. The summed E-state index contributed by atoms with van der Waals surface area (Å²) in [5.74, 6) is -0.269. The number of thioether (sulfide) groups is 1. The second-order valence-electron chi connectivity index (χ2n) is 2.58. The number of carbonyl (C=O) groups excluding carboxylic acids is 1. The fourth-order valence-corrected chi connectivity index (χ4v) is 1.57. The van der Waals surface area contributed by atoms with Gasteiger partial charge in [-0.15, -0.1) is 11.8 Å². The van der Waals surface area contributed by atoms with E-state index in [1.54, 1.807) is 17.8 Å². The van der Waals surface area contributed by atoms with Crippen LogP contribution in [0.25, 0.3) is 0 Å². The zero-order valence-corrected chi connectivity index (χ0v) is 8.60. The van der Waals surface area contributed by atoms with Gasteiger partial charge in [-0.1, -0.05) is 12.1 Å². The van der Waals surface area contributed by atoms with Crippen molar-refractivity contribution in [3.63, 3.8) is 0 Å². The lowest BCUT2D eigenvalue weighted by molar-refractivity contribution is -0.115. The van der Waals surface area contributed by atoms with Crippen LogP contribution in [0.3, 0.4) is 0 Å². The van der Waals surface area contributed by atoms with Crippen LogP contribution in [-0.2, 0) is 4.79 Å². The summed E-state index contributed by atoms with van der Waals surface area (Å²) in [6, 6.07) is 9.31. The van der Waals surface area contributed by atoms with Gasteiger partial charge < -0.3 is 5.32 Å². The Hall–Kier alpha value is -1.47. The summed E-state index contributed by atoms with van der Waals surface area (Å²) < 4.78 is 0. The van der Waals surface area contributed by atoms with E-state index in [0.29, 0.717) is 0 Å². The van der Waals surface area contributed by atoms with Crippen LogP contribution in [0.1, 0.15) is 6.42 Å². The molecule has 0 spiro atoms. The molecule has 3 nitrogen and oxygen atoms in total. The first-order valence-corrected chi connectivity index (χ1v) is 5.30. The SMILES string of the molecule is CSc1ccccc1NC(=O)CC#N. The topological polar surface area (TPSA) is 52.9 Å².